The number of rotatable bonds is 8. The summed E-state index contributed by atoms with van der Waals surface area (Å²) in [5.74, 6) is -0.809. The average molecular weight is 481 g/mol. The summed E-state index contributed by atoms with van der Waals surface area (Å²) in [5, 5.41) is 12.2. The van der Waals surface area contributed by atoms with Crippen LogP contribution in [0.2, 0.25) is 0 Å². The van der Waals surface area contributed by atoms with Crippen LogP contribution in [-0.4, -0.2) is 31.9 Å². The van der Waals surface area contributed by atoms with Crippen molar-refractivity contribution in [3.63, 3.8) is 0 Å². The first-order valence-corrected chi connectivity index (χ1v) is 12.2. The van der Waals surface area contributed by atoms with Crippen LogP contribution in [0.4, 0.5) is 0 Å². The van der Waals surface area contributed by atoms with E-state index in [1.54, 1.807) is 44.6 Å². The molecule has 2 heterocycles. The molecule has 1 aliphatic carbocycles. The first-order chi connectivity index (χ1) is 17.0. The van der Waals surface area contributed by atoms with E-state index in [0.717, 1.165) is 37.0 Å². The normalized spacial score (nSPS) is 28.5. The predicted octanol–water partition coefficient (Wildman–Crippen LogP) is 4.68. The Morgan fingerprint density at radius 1 is 0.971 bits per heavy atom. The Labute approximate surface area is 205 Å². The van der Waals surface area contributed by atoms with Gasteiger partial charge < -0.3 is 24.2 Å². The maximum absolute atomic E-state index is 13.9. The van der Waals surface area contributed by atoms with Gasteiger partial charge in [0.15, 0.2) is 5.76 Å². The minimum atomic E-state index is -1.79. The Bertz CT molecular complexity index is 1070. The van der Waals surface area contributed by atoms with Gasteiger partial charge in [0.2, 0.25) is 5.79 Å². The predicted molar refractivity (Wildman–Crippen MR) is 127 cm³/mol. The van der Waals surface area contributed by atoms with Gasteiger partial charge in [0.05, 0.1) is 20.1 Å². The number of aliphatic hydroxyl groups is 1. The van der Waals surface area contributed by atoms with Crippen molar-refractivity contribution in [3.8, 4) is 11.5 Å². The van der Waals surface area contributed by atoms with Crippen LogP contribution < -0.4 is 9.47 Å². The number of aryl methyl sites for hydroxylation is 1. The summed E-state index contributed by atoms with van der Waals surface area (Å²) in [6, 6.07) is 14.9. The van der Waals surface area contributed by atoms with E-state index in [2.05, 4.69) is 0 Å². The Morgan fingerprint density at radius 2 is 1.60 bits per heavy atom. The van der Waals surface area contributed by atoms with Crippen LogP contribution in [0.3, 0.4) is 0 Å². The third-order valence-corrected chi connectivity index (χ3v) is 7.83. The van der Waals surface area contributed by atoms with E-state index in [9.17, 15) is 9.90 Å². The summed E-state index contributed by atoms with van der Waals surface area (Å²) in [7, 11) is 3.23. The van der Waals surface area contributed by atoms with Gasteiger partial charge in [-0.3, -0.25) is 4.79 Å². The average Bonchev–Trinajstić information content (AvgIpc) is 3.64. The van der Waals surface area contributed by atoms with E-state index in [4.69, 9.17) is 24.0 Å². The van der Waals surface area contributed by atoms with E-state index >= 15 is 0 Å². The number of carbonyl (C=O) groups is 1. The molecule has 1 N–H and O–H groups in total. The van der Waals surface area contributed by atoms with Crippen molar-refractivity contribution in [3.05, 3.63) is 71.5 Å². The molecule has 0 amide bonds. The fraction of sp³-hybridized carbons (Fsp3) is 0.464. The Kier molecular flexibility index (Phi) is 6.47. The van der Waals surface area contributed by atoms with Crippen LogP contribution >= 0.6 is 0 Å². The van der Waals surface area contributed by atoms with Crippen LogP contribution in [0.1, 0.15) is 43.2 Å². The molecule has 7 nitrogen and oxygen atoms in total. The van der Waals surface area contributed by atoms with Gasteiger partial charge >= 0.3 is 5.97 Å². The molecule has 2 fully saturated rings. The lowest BCUT2D eigenvalue weighted by atomic mass is 9.62. The summed E-state index contributed by atoms with van der Waals surface area (Å²) < 4.78 is 16.5. The van der Waals surface area contributed by atoms with E-state index in [0.29, 0.717) is 29.9 Å². The molecular formula is C28H32O7. The molecule has 1 saturated heterocycles. The number of ether oxygens (including phenoxy) is 3. The van der Waals surface area contributed by atoms with Crippen LogP contribution in [0, 0.1) is 17.3 Å². The topological polar surface area (TPSA) is 83.5 Å². The number of esters is 1. The monoisotopic (exact) mass is 480 g/mol. The van der Waals surface area contributed by atoms with Crippen LogP contribution in [0.25, 0.3) is 0 Å². The van der Waals surface area contributed by atoms with Gasteiger partial charge in [0, 0.05) is 5.56 Å². The molecule has 3 aliphatic rings. The molecule has 5 rings (SSSR count). The maximum atomic E-state index is 13.9. The van der Waals surface area contributed by atoms with Gasteiger partial charge in [-0.15, -0.1) is 0 Å². The lowest BCUT2D eigenvalue weighted by molar-refractivity contribution is -0.251. The molecule has 2 aromatic rings. The van der Waals surface area contributed by atoms with Gasteiger partial charge in [0.25, 0.3) is 0 Å². The summed E-state index contributed by atoms with van der Waals surface area (Å²) in [6.07, 6.45) is 6.76. The smallest absolute Gasteiger partial charge is 0.323 e. The maximum Gasteiger partial charge on any atom is 0.323 e. The van der Waals surface area contributed by atoms with E-state index < -0.39 is 23.1 Å². The van der Waals surface area contributed by atoms with Gasteiger partial charge in [-0.05, 0) is 79.6 Å². The van der Waals surface area contributed by atoms with Crippen LogP contribution in [-0.2, 0) is 31.5 Å². The Hall–Kier alpha value is -3.03. The van der Waals surface area contributed by atoms with Gasteiger partial charge in [-0.2, -0.15) is 4.89 Å². The summed E-state index contributed by atoms with van der Waals surface area (Å²) in [4.78, 5) is 24.7. The highest BCUT2D eigenvalue weighted by molar-refractivity contribution is 5.84. The van der Waals surface area contributed by atoms with Crippen molar-refractivity contribution >= 4 is 5.97 Å². The molecule has 7 heteroatoms. The van der Waals surface area contributed by atoms with E-state index in [-0.39, 0.29) is 12.5 Å². The second-order valence-electron chi connectivity index (χ2n) is 9.59. The SMILES string of the molecule is COc1ccc(CCC2(C3=CCOO3)C(=O)OC(O)(c3ccc(OC)cc3)C2C2CCCC2)cc1. The zero-order valence-electron chi connectivity index (χ0n) is 20.2. The number of cyclic esters (lactones) is 1. The zero-order chi connectivity index (χ0) is 24.5. The van der Waals surface area contributed by atoms with Crippen molar-refractivity contribution in [1.82, 2.24) is 0 Å². The number of benzene rings is 2. The first-order valence-electron chi connectivity index (χ1n) is 12.2. The lowest BCUT2D eigenvalue weighted by Gasteiger charge is -2.39. The number of hydrogen-bond acceptors (Lipinski definition) is 7. The number of hydrogen-bond donors (Lipinski definition) is 1. The van der Waals surface area contributed by atoms with E-state index in [1.165, 1.54) is 0 Å². The van der Waals surface area contributed by atoms with Gasteiger partial charge in [-0.25, -0.2) is 0 Å². The Morgan fingerprint density at radius 3 is 2.17 bits per heavy atom. The fourth-order valence-corrected chi connectivity index (χ4v) is 6.10. The molecule has 0 spiro atoms. The molecule has 2 aliphatic heterocycles. The highest BCUT2D eigenvalue weighted by Crippen LogP contribution is 2.61. The molecule has 0 radical (unpaired) electrons. The summed E-state index contributed by atoms with van der Waals surface area (Å²) >= 11 is 0. The second-order valence-corrected chi connectivity index (χ2v) is 9.59. The highest BCUT2D eigenvalue weighted by Gasteiger charge is 2.70. The largest absolute Gasteiger partial charge is 0.497 e. The van der Waals surface area contributed by atoms with Crippen molar-refractivity contribution in [2.24, 2.45) is 17.3 Å². The number of methoxy groups -OCH3 is 2. The minimum Gasteiger partial charge on any atom is -0.497 e. The molecule has 0 aromatic heterocycles. The first kappa shape index (κ1) is 23.7. The van der Waals surface area contributed by atoms with Crippen molar-refractivity contribution < 1.29 is 33.9 Å². The molecule has 3 unspecified atom stereocenters. The van der Waals surface area contributed by atoms with Crippen molar-refractivity contribution in [1.29, 1.82) is 0 Å². The zero-order valence-corrected chi connectivity index (χ0v) is 20.2. The molecule has 2 aromatic carbocycles. The van der Waals surface area contributed by atoms with Crippen molar-refractivity contribution in [2.75, 3.05) is 20.8 Å². The fourth-order valence-electron chi connectivity index (χ4n) is 6.10. The molecular weight excluding hydrogens is 448 g/mol. The van der Waals surface area contributed by atoms with Gasteiger partial charge in [0.1, 0.15) is 23.5 Å². The molecule has 186 valence electrons. The highest BCUT2D eigenvalue weighted by atomic mass is 17.2. The minimum absolute atomic E-state index is 0.0921. The standard InChI is InChI=1S/C28H32O7/c1-31-22-11-7-19(8-12-22)15-17-27(24-16-18-33-35-24)25(20-5-3-4-6-20)28(30,34-26(27)29)21-9-13-23(32-2)14-10-21/h7-14,16,20,25,30H,3-6,15,17-18H2,1-2H3. The number of carbonyl (C=O) groups excluding carboxylic acids is 1. The summed E-state index contributed by atoms with van der Waals surface area (Å²) in [6.45, 7) is 0.255. The molecule has 35 heavy (non-hydrogen) atoms. The van der Waals surface area contributed by atoms with Crippen molar-refractivity contribution in [2.45, 2.75) is 44.3 Å². The van der Waals surface area contributed by atoms with Gasteiger partial charge in [-0.1, -0.05) is 25.0 Å². The third kappa shape index (κ3) is 4.06. The van der Waals surface area contributed by atoms with Crippen LogP contribution in [0.5, 0.6) is 11.5 Å². The third-order valence-electron chi connectivity index (χ3n) is 7.83. The lowest BCUT2D eigenvalue weighted by Crippen LogP contribution is -2.45. The Balaban J connectivity index is 1.58. The molecule has 3 atom stereocenters. The molecule has 1 saturated carbocycles. The van der Waals surface area contributed by atoms with Crippen LogP contribution in [0.15, 0.2) is 60.4 Å². The second kappa shape index (κ2) is 9.55. The van der Waals surface area contributed by atoms with E-state index in [1.807, 2.05) is 24.3 Å². The summed E-state index contributed by atoms with van der Waals surface area (Å²) in [5.41, 5.74) is 0.428. The molecule has 0 bridgehead atoms. The quantitative estimate of drug-likeness (QED) is 0.434.